The summed E-state index contributed by atoms with van der Waals surface area (Å²) in [6, 6.07) is 19.2. The minimum absolute atomic E-state index is 0.0425. The zero-order valence-corrected chi connectivity index (χ0v) is 20.0. The standard InChI is InChI=1S/C26H23N3O5S/c1-3-18-8-4-5-9-21(18)28-25(30)20(27-26(28)35)15-17-12-13-23(33-2)19(14-17)16-34-24-11-7-6-10-22(24)29(31)32/h4-15H,3,16H2,1-2H3,(H,27,35)/b20-15+. The summed E-state index contributed by atoms with van der Waals surface area (Å²) in [7, 11) is 1.53. The average Bonchev–Trinajstić information content (AvgIpc) is 3.15. The monoisotopic (exact) mass is 489 g/mol. The molecule has 0 aliphatic carbocycles. The molecule has 1 aliphatic rings. The van der Waals surface area contributed by atoms with E-state index in [1.54, 1.807) is 42.5 Å². The Kier molecular flexibility index (Phi) is 7.07. The number of benzene rings is 3. The minimum atomic E-state index is -0.490. The molecule has 0 bridgehead atoms. The first-order chi connectivity index (χ1) is 16.9. The number of para-hydroxylation sites is 3. The number of anilines is 1. The second-order valence-corrected chi connectivity index (χ2v) is 8.08. The highest BCUT2D eigenvalue weighted by molar-refractivity contribution is 7.80. The van der Waals surface area contributed by atoms with Crippen molar-refractivity contribution in [2.24, 2.45) is 0 Å². The molecule has 3 aromatic rings. The zero-order valence-electron chi connectivity index (χ0n) is 19.2. The van der Waals surface area contributed by atoms with Crippen molar-refractivity contribution in [3.63, 3.8) is 0 Å². The molecule has 1 N–H and O–H groups in total. The van der Waals surface area contributed by atoms with Gasteiger partial charge in [-0.3, -0.25) is 19.8 Å². The molecule has 1 saturated heterocycles. The number of thiocarbonyl (C=S) groups is 1. The van der Waals surface area contributed by atoms with Gasteiger partial charge >= 0.3 is 5.69 Å². The summed E-state index contributed by atoms with van der Waals surface area (Å²) in [5.74, 6) is 0.474. The number of nitro benzene ring substituents is 1. The third-order valence-corrected chi connectivity index (χ3v) is 5.84. The molecule has 1 fully saturated rings. The molecule has 178 valence electrons. The molecule has 1 aliphatic heterocycles. The van der Waals surface area contributed by atoms with Gasteiger partial charge in [0.1, 0.15) is 18.1 Å². The van der Waals surface area contributed by atoms with E-state index in [0.29, 0.717) is 22.1 Å². The molecule has 4 rings (SSSR count). The van der Waals surface area contributed by atoms with Gasteiger partial charge in [0.15, 0.2) is 10.9 Å². The summed E-state index contributed by atoms with van der Waals surface area (Å²) in [5.41, 5.74) is 3.39. The van der Waals surface area contributed by atoms with Crippen LogP contribution in [0.25, 0.3) is 6.08 Å². The minimum Gasteiger partial charge on any atom is -0.496 e. The highest BCUT2D eigenvalue weighted by atomic mass is 32.1. The van der Waals surface area contributed by atoms with Gasteiger partial charge in [-0.25, -0.2) is 0 Å². The van der Waals surface area contributed by atoms with E-state index < -0.39 is 4.92 Å². The van der Waals surface area contributed by atoms with Crippen molar-refractivity contribution in [1.82, 2.24) is 5.32 Å². The fourth-order valence-corrected chi connectivity index (χ4v) is 4.13. The number of hydrogen-bond donors (Lipinski definition) is 1. The van der Waals surface area contributed by atoms with Crippen molar-refractivity contribution in [2.75, 3.05) is 12.0 Å². The molecule has 1 heterocycles. The Morgan fingerprint density at radius 1 is 1.06 bits per heavy atom. The molecule has 0 radical (unpaired) electrons. The Bertz CT molecular complexity index is 1340. The van der Waals surface area contributed by atoms with Crippen LogP contribution in [-0.2, 0) is 17.8 Å². The van der Waals surface area contributed by atoms with E-state index in [1.165, 1.54) is 18.1 Å². The quantitative estimate of drug-likeness (QED) is 0.206. The predicted octanol–water partition coefficient (Wildman–Crippen LogP) is 5.01. The van der Waals surface area contributed by atoms with Crippen LogP contribution in [-0.4, -0.2) is 23.1 Å². The van der Waals surface area contributed by atoms with Crippen LogP contribution in [0.1, 0.15) is 23.6 Å². The van der Waals surface area contributed by atoms with Crippen molar-refractivity contribution in [2.45, 2.75) is 20.0 Å². The molecule has 1 amide bonds. The third-order valence-electron chi connectivity index (χ3n) is 5.55. The van der Waals surface area contributed by atoms with Crippen molar-refractivity contribution in [3.8, 4) is 11.5 Å². The smallest absolute Gasteiger partial charge is 0.310 e. The number of carbonyl (C=O) groups excluding carboxylic acids is 1. The van der Waals surface area contributed by atoms with E-state index in [2.05, 4.69) is 5.32 Å². The molecule has 0 unspecified atom stereocenters. The molecular formula is C26H23N3O5S. The van der Waals surface area contributed by atoms with E-state index >= 15 is 0 Å². The highest BCUT2D eigenvalue weighted by Gasteiger charge is 2.33. The zero-order chi connectivity index (χ0) is 24.9. The number of ether oxygens (including phenoxy) is 2. The lowest BCUT2D eigenvalue weighted by molar-refractivity contribution is -0.385. The highest BCUT2D eigenvalue weighted by Crippen LogP contribution is 2.30. The number of nitro groups is 1. The first-order valence-corrected chi connectivity index (χ1v) is 11.3. The Labute approximate surface area is 207 Å². The number of carbonyl (C=O) groups is 1. The number of aryl methyl sites for hydroxylation is 1. The van der Waals surface area contributed by atoms with Crippen LogP contribution in [0.3, 0.4) is 0 Å². The van der Waals surface area contributed by atoms with Gasteiger partial charge in [-0.2, -0.15) is 0 Å². The molecular weight excluding hydrogens is 466 g/mol. The summed E-state index contributed by atoms with van der Waals surface area (Å²) in [6.45, 7) is 2.07. The molecule has 9 heteroatoms. The van der Waals surface area contributed by atoms with Crippen molar-refractivity contribution < 1.29 is 19.2 Å². The second-order valence-electron chi connectivity index (χ2n) is 7.70. The maximum Gasteiger partial charge on any atom is 0.310 e. The maximum absolute atomic E-state index is 13.2. The third kappa shape index (κ3) is 4.99. The van der Waals surface area contributed by atoms with E-state index in [1.807, 2.05) is 31.2 Å². The SMILES string of the molecule is CCc1ccccc1N1C(=O)/C(=C\c2ccc(OC)c(COc3ccccc3[N+](=O)[O-])c2)NC1=S. The van der Waals surface area contributed by atoms with Gasteiger partial charge in [0.05, 0.1) is 17.7 Å². The molecule has 0 aromatic heterocycles. The average molecular weight is 490 g/mol. The van der Waals surface area contributed by atoms with Crippen LogP contribution in [0.2, 0.25) is 0 Å². The fourth-order valence-electron chi connectivity index (χ4n) is 3.84. The Morgan fingerprint density at radius 2 is 1.80 bits per heavy atom. The van der Waals surface area contributed by atoms with Crippen molar-refractivity contribution >= 4 is 40.7 Å². The van der Waals surface area contributed by atoms with Gasteiger partial charge in [0, 0.05) is 11.6 Å². The first kappa shape index (κ1) is 23.9. The number of methoxy groups -OCH3 is 1. The summed E-state index contributed by atoms with van der Waals surface area (Å²) < 4.78 is 11.2. The molecule has 0 spiro atoms. The predicted molar refractivity (Wildman–Crippen MR) is 137 cm³/mol. The van der Waals surface area contributed by atoms with Crippen molar-refractivity contribution in [3.05, 3.63) is 99.2 Å². The molecule has 0 saturated carbocycles. The van der Waals surface area contributed by atoms with E-state index in [-0.39, 0.29) is 24.0 Å². The maximum atomic E-state index is 13.2. The first-order valence-electron chi connectivity index (χ1n) is 10.9. The molecule has 0 atom stereocenters. The number of rotatable bonds is 8. The van der Waals surface area contributed by atoms with Gasteiger partial charge in [-0.1, -0.05) is 43.3 Å². The molecule has 3 aromatic carbocycles. The number of amides is 1. The van der Waals surface area contributed by atoms with Crippen LogP contribution in [0.4, 0.5) is 11.4 Å². The number of hydrogen-bond acceptors (Lipinski definition) is 6. The summed E-state index contributed by atoms with van der Waals surface area (Å²) in [4.78, 5) is 25.5. The van der Waals surface area contributed by atoms with Gasteiger partial charge in [0.25, 0.3) is 5.91 Å². The Hall–Kier alpha value is -4.24. The largest absolute Gasteiger partial charge is 0.496 e. The van der Waals surface area contributed by atoms with Crippen molar-refractivity contribution in [1.29, 1.82) is 0 Å². The number of nitrogens with one attached hydrogen (secondary N) is 1. The van der Waals surface area contributed by atoms with Crippen LogP contribution >= 0.6 is 12.2 Å². The Balaban J connectivity index is 1.60. The fraction of sp³-hybridized carbons (Fsp3) is 0.154. The van der Waals surface area contributed by atoms with Crippen LogP contribution < -0.4 is 19.7 Å². The van der Waals surface area contributed by atoms with Gasteiger partial charge < -0.3 is 14.8 Å². The lowest BCUT2D eigenvalue weighted by atomic mass is 10.1. The molecule has 8 nitrogen and oxygen atoms in total. The Morgan fingerprint density at radius 3 is 2.54 bits per heavy atom. The van der Waals surface area contributed by atoms with Crippen LogP contribution in [0, 0.1) is 10.1 Å². The van der Waals surface area contributed by atoms with E-state index in [0.717, 1.165) is 23.2 Å². The summed E-state index contributed by atoms with van der Waals surface area (Å²) >= 11 is 5.45. The number of nitrogens with zero attached hydrogens (tertiary/aromatic N) is 2. The normalized spacial score (nSPS) is 14.2. The van der Waals surface area contributed by atoms with Gasteiger partial charge in [-0.15, -0.1) is 0 Å². The van der Waals surface area contributed by atoms with E-state index in [4.69, 9.17) is 21.7 Å². The topological polar surface area (TPSA) is 93.9 Å². The van der Waals surface area contributed by atoms with Gasteiger partial charge in [-0.05, 0) is 60.1 Å². The van der Waals surface area contributed by atoms with Crippen LogP contribution in [0.15, 0.2) is 72.4 Å². The second kappa shape index (κ2) is 10.4. The summed E-state index contributed by atoms with van der Waals surface area (Å²) in [5, 5.41) is 14.6. The molecule has 35 heavy (non-hydrogen) atoms. The van der Waals surface area contributed by atoms with Gasteiger partial charge in [0.2, 0.25) is 0 Å². The lowest BCUT2D eigenvalue weighted by Crippen LogP contribution is -2.31. The van der Waals surface area contributed by atoms with E-state index in [9.17, 15) is 14.9 Å². The van der Waals surface area contributed by atoms with Crippen LogP contribution in [0.5, 0.6) is 11.5 Å². The lowest BCUT2D eigenvalue weighted by Gasteiger charge is -2.17. The summed E-state index contributed by atoms with van der Waals surface area (Å²) in [6.07, 6.45) is 2.47.